The molecule has 1 amide bonds. The molecule has 2 aromatic rings. The second-order valence-electron chi connectivity index (χ2n) is 6.63. The van der Waals surface area contributed by atoms with Crippen molar-refractivity contribution in [1.29, 1.82) is 0 Å². The zero-order valence-corrected chi connectivity index (χ0v) is 17.2. The summed E-state index contributed by atoms with van der Waals surface area (Å²) in [4.78, 5) is 47.1. The summed E-state index contributed by atoms with van der Waals surface area (Å²) >= 11 is 1.19. The molecule has 0 N–H and O–H groups in total. The summed E-state index contributed by atoms with van der Waals surface area (Å²) in [6, 6.07) is 5.47. The summed E-state index contributed by atoms with van der Waals surface area (Å²) in [7, 11) is 0. The molecule has 1 aliphatic rings. The number of pyridine rings is 1. The van der Waals surface area contributed by atoms with Crippen LogP contribution < -0.4 is 0 Å². The van der Waals surface area contributed by atoms with Crippen molar-refractivity contribution in [3.8, 4) is 10.7 Å². The molecule has 0 aliphatic carbocycles. The van der Waals surface area contributed by atoms with Crippen LogP contribution in [0.15, 0.2) is 24.4 Å². The number of hydrogen-bond donors (Lipinski definition) is 0. The van der Waals surface area contributed by atoms with Crippen molar-refractivity contribution in [2.75, 3.05) is 26.3 Å². The summed E-state index contributed by atoms with van der Waals surface area (Å²) in [5.41, 5.74) is 1.23. The third-order valence-electron chi connectivity index (χ3n) is 4.66. The van der Waals surface area contributed by atoms with E-state index in [1.54, 1.807) is 31.0 Å². The predicted octanol–water partition coefficient (Wildman–Crippen LogP) is 2.47. The zero-order chi connectivity index (χ0) is 20.8. The highest BCUT2D eigenvalue weighted by molar-refractivity contribution is 7.17. The van der Waals surface area contributed by atoms with E-state index < -0.39 is 5.97 Å². The van der Waals surface area contributed by atoms with E-state index >= 15 is 0 Å². The van der Waals surface area contributed by atoms with Crippen LogP contribution in [0.4, 0.5) is 0 Å². The Morgan fingerprint density at radius 3 is 2.62 bits per heavy atom. The first-order chi connectivity index (χ1) is 14.0. The average Bonchev–Trinajstić information content (AvgIpc) is 3.14. The number of carbonyl (C=O) groups excluding carboxylic acids is 3. The van der Waals surface area contributed by atoms with Crippen LogP contribution in [0, 0.1) is 12.8 Å². The van der Waals surface area contributed by atoms with Crippen LogP contribution in [0.5, 0.6) is 0 Å². The number of hydrogen-bond acceptors (Lipinski definition) is 8. The highest BCUT2D eigenvalue weighted by Crippen LogP contribution is 2.27. The summed E-state index contributed by atoms with van der Waals surface area (Å²) < 4.78 is 10.2. The average molecular weight is 417 g/mol. The van der Waals surface area contributed by atoms with Gasteiger partial charge >= 0.3 is 11.9 Å². The van der Waals surface area contributed by atoms with E-state index in [-0.39, 0.29) is 24.4 Å². The van der Waals surface area contributed by atoms with Gasteiger partial charge in [-0.25, -0.2) is 9.78 Å². The molecule has 0 unspecified atom stereocenters. The molecule has 0 saturated carbocycles. The van der Waals surface area contributed by atoms with Gasteiger partial charge in [0.2, 0.25) is 0 Å². The van der Waals surface area contributed by atoms with Crippen LogP contribution >= 0.6 is 11.3 Å². The summed E-state index contributed by atoms with van der Waals surface area (Å²) in [6.07, 6.45) is 2.77. The highest BCUT2D eigenvalue weighted by Gasteiger charge is 2.29. The molecule has 0 spiro atoms. The van der Waals surface area contributed by atoms with E-state index in [1.165, 1.54) is 11.3 Å². The van der Waals surface area contributed by atoms with Gasteiger partial charge in [0.15, 0.2) is 6.61 Å². The molecular weight excluding hydrogens is 394 g/mol. The van der Waals surface area contributed by atoms with Gasteiger partial charge in [-0.2, -0.15) is 0 Å². The quantitative estimate of drug-likeness (QED) is 0.666. The number of nitrogens with zero attached hydrogens (tertiary/aromatic N) is 3. The van der Waals surface area contributed by atoms with E-state index in [0.29, 0.717) is 53.8 Å². The van der Waals surface area contributed by atoms with Crippen LogP contribution in [0.1, 0.15) is 35.1 Å². The molecule has 1 aliphatic heterocycles. The van der Waals surface area contributed by atoms with Crippen LogP contribution in [0.3, 0.4) is 0 Å². The Bertz CT molecular complexity index is 875. The lowest BCUT2D eigenvalue weighted by Gasteiger charge is -2.30. The number of ether oxygens (including phenoxy) is 2. The lowest BCUT2D eigenvalue weighted by molar-refractivity contribution is -0.151. The molecule has 3 rings (SSSR count). The minimum atomic E-state index is -0.572. The van der Waals surface area contributed by atoms with Gasteiger partial charge in [0.25, 0.3) is 5.91 Å². The Labute approximate surface area is 172 Å². The lowest BCUT2D eigenvalue weighted by Crippen LogP contribution is -2.42. The van der Waals surface area contributed by atoms with Crippen LogP contribution in [-0.4, -0.2) is 59.0 Å². The van der Waals surface area contributed by atoms with Crippen molar-refractivity contribution in [2.45, 2.75) is 26.7 Å². The maximum absolute atomic E-state index is 12.4. The van der Waals surface area contributed by atoms with Crippen molar-refractivity contribution in [3.63, 3.8) is 0 Å². The molecule has 0 bridgehead atoms. The molecule has 0 aromatic carbocycles. The lowest BCUT2D eigenvalue weighted by atomic mass is 9.97. The second-order valence-corrected chi connectivity index (χ2v) is 7.63. The first kappa shape index (κ1) is 20.9. The molecule has 1 saturated heterocycles. The van der Waals surface area contributed by atoms with Crippen LogP contribution in [-0.2, 0) is 19.1 Å². The molecule has 3 heterocycles. The van der Waals surface area contributed by atoms with Crippen molar-refractivity contribution in [1.82, 2.24) is 14.9 Å². The maximum atomic E-state index is 12.4. The van der Waals surface area contributed by atoms with E-state index in [9.17, 15) is 14.4 Å². The fourth-order valence-corrected chi connectivity index (χ4v) is 4.03. The number of likely N-dealkylation sites (tertiary alicyclic amines) is 1. The minimum absolute atomic E-state index is 0.175. The summed E-state index contributed by atoms with van der Waals surface area (Å²) in [5.74, 6) is -1.23. The topological polar surface area (TPSA) is 98.7 Å². The largest absolute Gasteiger partial charge is 0.466 e. The van der Waals surface area contributed by atoms with Crippen molar-refractivity contribution < 1.29 is 23.9 Å². The Kier molecular flexibility index (Phi) is 6.92. The van der Waals surface area contributed by atoms with Crippen molar-refractivity contribution in [2.24, 2.45) is 5.92 Å². The fraction of sp³-hybridized carbons (Fsp3) is 0.450. The number of aryl methyl sites for hydroxylation is 1. The van der Waals surface area contributed by atoms with Gasteiger partial charge in [-0.15, -0.1) is 11.3 Å². The van der Waals surface area contributed by atoms with E-state index in [2.05, 4.69) is 9.97 Å². The molecule has 0 atom stereocenters. The molecule has 154 valence electrons. The number of piperidine rings is 1. The monoisotopic (exact) mass is 417 g/mol. The van der Waals surface area contributed by atoms with Gasteiger partial charge in [0.05, 0.1) is 23.9 Å². The molecule has 29 heavy (non-hydrogen) atoms. The first-order valence-corrected chi connectivity index (χ1v) is 10.3. The van der Waals surface area contributed by atoms with Gasteiger partial charge < -0.3 is 14.4 Å². The van der Waals surface area contributed by atoms with Gasteiger partial charge in [-0.1, -0.05) is 6.07 Å². The molecular formula is C20H23N3O5S. The minimum Gasteiger partial charge on any atom is -0.466 e. The number of rotatable bonds is 6. The summed E-state index contributed by atoms with van der Waals surface area (Å²) in [6.45, 7) is 4.41. The Hall–Kier alpha value is -2.81. The summed E-state index contributed by atoms with van der Waals surface area (Å²) in [5, 5.41) is 0.627. The van der Waals surface area contributed by atoms with Gasteiger partial charge in [0.1, 0.15) is 9.88 Å². The molecule has 2 aromatic heterocycles. The van der Waals surface area contributed by atoms with Gasteiger partial charge in [0, 0.05) is 19.3 Å². The van der Waals surface area contributed by atoms with Gasteiger partial charge in [-0.05, 0) is 38.8 Å². The first-order valence-electron chi connectivity index (χ1n) is 9.50. The molecule has 0 radical (unpaired) electrons. The SMILES string of the molecule is CCOC(=O)C1CCN(C(=O)COC(=O)c2sc(-c3ccccn3)nc2C)CC1. The molecule has 1 fully saturated rings. The Morgan fingerprint density at radius 2 is 1.97 bits per heavy atom. The van der Waals surface area contributed by atoms with Crippen LogP contribution in [0.25, 0.3) is 10.7 Å². The standard InChI is InChI=1S/C20H23N3O5S/c1-3-27-19(25)14-7-10-23(11-8-14)16(24)12-28-20(26)17-13(2)22-18(29-17)15-6-4-5-9-21-15/h4-6,9,14H,3,7-8,10-12H2,1-2H3. The van der Waals surface area contributed by atoms with Gasteiger partial charge in [-0.3, -0.25) is 14.6 Å². The number of carbonyl (C=O) groups is 3. The normalized spacial score (nSPS) is 14.5. The number of amides is 1. The van der Waals surface area contributed by atoms with Crippen molar-refractivity contribution >= 4 is 29.2 Å². The number of aromatic nitrogens is 2. The smallest absolute Gasteiger partial charge is 0.350 e. The van der Waals surface area contributed by atoms with Crippen LogP contribution in [0.2, 0.25) is 0 Å². The second kappa shape index (κ2) is 9.60. The Balaban J connectivity index is 1.52. The molecule has 9 heteroatoms. The number of thiazole rings is 1. The maximum Gasteiger partial charge on any atom is 0.350 e. The third-order valence-corrected chi connectivity index (χ3v) is 5.82. The number of esters is 2. The zero-order valence-electron chi connectivity index (χ0n) is 16.4. The molecule has 8 nitrogen and oxygen atoms in total. The van der Waals surface area contributed by atoms with Crippen molar-refractivity contribution in [3.05, 3.63) is 35.0 Å². The predicted molar refractivity (Wildman–Crippen MR) is 106 cm³/mol. The third kappa shape index (κ3) is 5.17. The van der Waals surface area contributed by atoms with E-state index in [1.807, 2.05) is 12.1 Å². The van der Waals surface area contributed by atoms with E-state index in [4.69, 9.17) is 9.47 Å². The Morgan fingerprint density at radius 1 is 1.21 bits per heavy atom. The van der Waals surface area contributed by atoms with E-state index in [0.717, 1.165) is 0 Å². The fourth-order valence-electron chi connectivity index (χ4n) is 3.09. The highest BCUT2D eigenvalue weighted by atomic mass is 32.1.